The fraction of sp³-hybridized carbons (Fsp3) is 0.0909. The van der Waals surface area contributed by atoms with E-state index in [1.54, 1.807) is 0 Å². The van der Waals surface area contributed by atoms with Gasteiger partial charge in [-0.2, -0.15) is 0 Å². The number of para-hydroxylation sites is 2. The van der Waals surface area contributed by atoms with Crippen LogP contribution in [0.2, 0.25) is 0 Å². The van der Waals surface area contributed by atoms with Gasteiger partial charge in [0.15, 0.2) is 0 Å². The van der Waals surface area contributed by atoms with Crippen molar-refractivity contribution in [2.75, 3.05) is 10.2 Å². The third-order valence-corrected chi connectivity index (χ3v) is 3.85. The quantitative estimate of drug-likeness (QED) is 0.585. The molecule has 0 aliphatic carbocycles. The monoisotopic (exact) mass is 314 g/mol. The summed E-state index contributed by atoms with van der Waals surface area (Å²) in [6, 6.07) is 27.1. The van der Waals surface area contributed by atoms with E-state index in [4.69, 9.17) is 0 Å². The molecule has 2 heteroatoms. The number of benzene rings is 3. The molecule has 3 aromatic rings. The van der Waals surface area contributed by atoms with Crippen molar-refractivity contribution in [3.05, 3.63) is 96.7 Å². The molecule has 0 aliphatic heterocycles. The molecule has 3 rings (SSSR count). The number of nitrogens with one attached hydrogen (secondary N) is 1. The molecule has 0 heterocycles. The smallest absolute Gasteiger partial charge is 0.0486 e. The molecule has 0 atom stereocenters. The Labute approximate surface area is 144 Å². The fourth-order valence-electron chi connectivity index (χ4n) is 2.73. The molecule has 0 radical (unpaired) electrons. The van der Waals surface area contributed by atoms with Crippen molar-refractivity contribution >= 4 is 22.7 Å². The Morgan fingerprint density at radius 3 is 2.08 bits per heavy atom. The summed E-state index contributed by atoms with van der Waals surface area (Å²) in [6.07, 6.45) is 4.16. The maximum atomic E-state index is 3.45. The first-order valence-corrected chi connectivity index (χ1v) is 8.18. The van der Waals surface area contributed by atoms with E-state index in [-0.39, 0.29) is 0 Å². The zero-order valence-electron chi connectivity index (χ0n) is 14.1. The highest BCUT2D eigenvalue weighted by molar-refractivity contribution is 5.72. The van der Waals surface area contributed by atoms with Crippen LogP contribution < -0.4 is 10.2 Å². The third kappa shape index (κ3) is 3.66. The average Bonchev–Trinajstić information content (AvgIpc) is 2.62. The van der Waals surface area contributed by atoms with Crippen molar-refractivity contribution < 1.29 is 0 Å². The minimum absolute atomic E-state index is 1.09. The van der Waals surface area contributed by atoms with E-state index in [1.165, 1.54) is 11.3 Å². The first-order valence-electron chi connectivity index (χ1n) is 8.18. The van der Waals surface area contributed by atoms with Gasteiger partial charge in [0.25, 0.3) is 0 Å². The SMILES string of the molecule is C/C=C/N(c1ccccc1)c1ccc(Nc2ccccc2)cc1C. The van der Waals surface area contributed by atoms with Crippen LogP contribution in [0, 0.1) is 6.92 Å². The number of aryl methyl sites for hydroxylation is 1. The molecule has 0 unspecified atom stereocenters. The number of rotatable bonds is 5. The second kappa shape index (κ2) is 7.51. The summed E-state index contributed by atoms with van der Waals surface area (Å²) in [5.41, 5.74) is 5.74. The van der Waals surface area contributed by atoms with Crippen molar-refractivity contribution in [1.82, 2.24) is 0 Å². The van der Waals surface area contributed by atoms with Crippen molar-refractivity contribution in [2.24, 2.45) is 0 Å². The van der Waals surface area contributed by atoms with Gasteiger partial charge in [0.1, 0.15) is 0 Å². The zero-order valence-corrected chi connectivity index (χ0v) is 14.1. The molecule has 0 aliphatic rings. The van der Waals surface area contributed by atoms with Crippen molar-refractivity contribution in [1.29, 1.82) is 0 Å². The molecule has 24 heavy (non-hydrogen) atoms. The molecule has 0 saturated heterocycles. The van der Waals surface area contributed by atoms with Crippen LogP contribution in [0.25, 0.3) is 0 Å². The molecule has 0 saturated carbocycles. The highest BCUT2D eigenvalue weighted by atomic mass is 15.1. The van der Waals surface area contributed by atoms with Crippen LogP contribution in [-0.4, -0.2) is 0 Å². The minimum atomic E-state index is 1.09. The van der Waals surface area contributed by atoms with Crippen LogP contribution in [0.15, 0.2) is 91.1 Å². The largest absolute Gasteiger partial charge is 0.356 e. The summed E-state index contributed by atoms with van der Waals surface area (Å²) >= 11 is 0. The minimum Gasteiger partial charge on any atom is -0.356 e. The van der Waals surface area contributed by atoms with Crippen LogP contribution in [0.3, 0.4) is 0 Å². The molecule has 0 amide bonds. The average molecular weight is 314 g/mol. The Balaban J connectivity index is 1.90. The molecule has 0 bridgehead atoms. The lowest BCUT2D eigenvalue weighted by atomic mass is 10.1. The third-order valence-electron chi connectivity index (χ3n) is 3.85. The van der Waals surface area contributed by atoms with Crippen molar-refractivity contribution in [2.45, 2.75) is 13.8 Å². The summed E-state index contributed by atoms with van der Waals surface area (Å²) < 4.78 is 0. The first-order chi connectivity index (χ1) is 11.8. The molecule has 3 aromatic carbocycles. The molecule has 0 fully saturated rings. The Kier molecular flexibility index (Phi) is 4.97. The molecule has 0 spiro atoms. The van der Waals surface area contributed by atoms with Crippen molar-refractivity contribution in [3.63, 3.8) is 0 Å². The van der Waals surface area contributed by atoms with Gasteiger partial charge in [-0.1, -0.05) is 42.5 Å². The molecule has 2 nitrogen and oxygen atoms in total. The number of allylic oxidation sites excluding steroid dienone is 1. The van der Waals surface area contributed by atoms with Gasteiger partial charge < -0.3 is 10.2 Å². The lowest BCUT2D eigenvalue weighted by Crippen LogP contribution is -2.09. The molecule has 120 valence electrons. The van der Waals surface area contributed by atoms with Gasteiger partial charge in [-0.05, 0) is 61.9 Å². The van der Waals surface area contributed by atoms with E-state index in [0.717, 1.165) is 17.1 Å². The van der Waals surface area contributed by atoms with Crippen LogP contribution in [0.4, 0.5) is 22.7 Å². The number of anilines is 4. The lowest BCUT2D eigenvalue weighted by Gasteiger charge is -2.23. The van der Waals surface area contributed by atoms with Gasteiger partial charge in [-0.25, -0.2) is 0 Å². The van der Waals surface area contributed by atoms with Crippen LogP contribution >= 0.6 is 0 Å². The Bertz CT molecular complexity index is 808. The number of nitrogens with zero attached hydrogens (tertiary/aromatic N) is 1. The summed E-state index contributed by atoms with van der Waals surface area (Å²) in [6.45, 7) is 4.18. The number of hydrogen-bond acceptors (Lipinski definition) is 2. The fourth-order valence-corrected chi connectivity index (χ4v) is 2.73. The molecule has 0 aromatic heterocycles. The molecular formula is C22H22N2. The van der Waals surface area contributed by atoms with Crippen LogP contribution in [0.5, 0.6) is 0 Å². The second-order valence-electron chi connectivity index (χ2n) is 5.68. The standard InChI is InChI=1S/C22H22N2/c1-3-16-24(21-12-8-5-9-13-21)22-15-14-20(17-18(22)2)23-19-10-6-4-7-11-19/h3-17,23H,1-2H3/b16-3+. The summed E-state index contributed by atoms with van der Waals surface area (Å²) in [7, 11) is 0. The highest BCUT2D eigenvalue weighted by Gasteiger charge is 2.09. The van der Waals surface area contributed by atoms with Crippen LogP contribution in [-0.2, 0) is 0 Å². The maximum Gasteiger partial charge on any atom is 0.0486 e. The summed E-state index contributed by atoms with van der Waals surface area (Å²) in [5, 5.41) is 3.45. The summed E-state index contributed by atoms with van der Waals surface area (Å²) in [4.78, 5) is 2.21. The topological polar surface area (TPSA) is 15.3 Å². The second-order valence-corrected chi connectivity index (χ2v) is 5.68. The highest BCUT2D eigenvalue weighted by Crippen LogP contribution is 2.31. The Morgan fingerprint density at radius 1 is 0.792 bits per heavy atom. The maximum absolute atomic E-state index is 3.45. The van der Waals surface area contributed by atoms with Crippen molar-refractivity contribution in [3.8, 4) is 0 Å². The van der Waals surface area contributed by atoms with E-state index in [0.29, 0.717) is 0 Å². The van der Waals surface area contributed by atoms with Gasteiger partial charge in [-0.15, -0.1) is 0 Å². The van der Waals surface area contributed by atoms with Gasteiger partial charge in [0.05, 0.1) is 0 Å². The number of hydrogen-bond donors (Lipinski definition) is 1. The van der Waals surface area contributed by atoms with E-state index in [9.17, 15) is 0 Å². The van der Waals surface area contributed by atoms with Gasteiger partial charge in [0.2, 0.25) is 0 Å². The van der Waals surface area contributed by atoms with E-state index in [2.05, 4.69) is 84.0 Å². The zero-order chi connectivity index (χ0) is 16.8. The first kappa shape index (κ1) is 15.9. The van der Waals surface area contributed by atoms with Crippen LogP contribution in [0.1, 0.15) is 12.5 Å². The normalized spacial score (nSPS) is 10.8. The Hall–Kier alpha value is -3.00. The molecular weight excluding hydrogens is 292 g/mol. The Morgan fingerprint density at radius 2 is 1.46 bits per heavy atom. The van der Waals surface area contributed by atoms with Gasteiger partial charge >= 0.3 is 0 Å². The lowest BCUT2D eigenvalue weighted by molar-refractivity contribution is 1.24. The van der Waals surface area contributed by atoms with Gasteiger partial charge in [-0.3, -0.25) is 0 Å². The van der Waals surface area contributed by atoms with E-state index in [1.807, 2.05) is 31.2 Å². The molecule has 1 N–H and O–H groups in total. The van der Waals surface area contributed by atoms with Gasteiger partial charge in [0, 0.05) is 28.9 Å². The predicted molar refractivity (Wildman–Crippen MR) is 104 cm³/mol. The van der Waals surface area contributed by atoms with E-state index < -0.39 is 0 Å². The predicted octanol–water partition coefficient (Wildman–Crippen LogP) is 6.41. The summed E-state index contributed by atoms with van der Waals surface area (Å²) in [5.74, 6) is 0. The van der Waals surface area contributed by atoms with E-state index >= 15 is 0 Å².